The molecular weight excluding hydrogens is 294 g/mol. The molecular formula is C22H39NO. The molecule has 1 rings (SSSR count). The lowest BCUT2D eigenvalue weighted by Gasteiger charge is -2.28. The van der Waals surface area contributed by atoms with Crippen molar-refractivity contribution in [1.82, 2.24) is 0 Å². The van der Waals surface area contributed by atoms with E-state index in [-0.39, 0.29) is 10.8 Å². The summed E-state index contributed by atoms with van der Waals surface area (Å²) in [5.41, 5.74) is 3.06. The Labute approximate surface area is 150 Å². The summed E-state index contributed by atoms with van der Waals surface area (Å²) in [7, 11) is 0. The molecule has 0 aromatic heterocycles. The highest BCUT2D eigenvalue weighted by atomic mass is 16.3. The zero-order valence-corrected chi connectivity index (χ0v) is 17.1. The summed E-state index contributed by atoms with van der Waals surface area (Å²) in [5, 5.41) is 14.3. The smallest absolute Gasteiger partial charge is 0.123 e. The van der Waals surface area contributed by atoms with E-state index in [1.807, 2.05) is 0 Å². The number of phenolic OH excluding ortho intramolecular Hbond substituents is 1. The maximum Gasteiger partial charge on any atom is 0.123 e. The van der Waals surface area contributed by atoms with Crippen molar-refractivity contribution in [2.75, 3.05) is 11.9 Å². The third-order valence-corrected chi connectivity index (χ3v) is 4.59. The first-order chi connectivity index (χ1) is 11.1. The fourth-order valence-corrected chi connectivity index (χ4v) is 3.02. The number of hydrogen-bond donors (Lipinski definition) is 2. The van der Waals surface area contributed by atoms with Crippen LogP contribution in [0.25, 0.3) is 0 Å². The second kappa shape index (κ2) is 8.78. The van der Waals surface area contributed by atoms with Gasteiger partial charge in [-0.1, -0.05) is 80.6 Å². The van der Waals surface area contributed by atoms with Crippen LogP contribution in [0.4, 0.5) is 5.69 Å². The van der Waals surface area contributed by atoms with Crippen LogP contribution in [0.15, 0.2) is 12.1 Å². The molecule has 2 heteroatoms. The number of aromatic hydroxyl groups is 1. The normalized spacial score (nSPS) is 12.5. The molecule has 0 saturated carbocycles. The highest BCUT2D eigenvalue weighted by Gasteiger charge is 2.26. The van der Waals surface area contributed by atoms with Crippen molar-refractivity contribution >= 4 is 5.69 Å². The van der Waals surface area contributed by atoms with E-state index in [2.05, 4.69) is 65.9 Å². The average molecular weight is 334 g/mol. The minimum Gasteiger partial charge on any atom is -0.507 e. The fraction of sp³-hybridized carbons (Fsp3) is 0.727. The van der Waals surface area contributed by atoms with Gasteiger partial charge in [0.25, 0.3) is 0 Å². The van der Waals surface area contributed by atoms with Crippen LogP contribution < -0.4 is 5.32 Å². The SMILES string of the molecule is CCCCCCCCNc1cc(C(C)(C)C)c(O)c(C(C)(C)C)c1. The molecule has 0 aliphatic rings. The van der Waals surface area contributed by atoms with E-state index in [4.69, 9.17) is 0 Å². The van der Waals surface area contributed by atoms with Crippen LogP contribution >= 0.6 is 0 Å². The molecule has 0 saturated heterocycles. The quantitative estimate of drug-likeness (QED) is 0.407. The van der Waals surface area contributed by atoms with Gasteiger partial charge in [-0.15, -0.1) is 0 Å². The van der Waals surface area contributed by atoms with Crippen molar-refractivity contribution in [2.24, 2.45) is 0 Å². The molecule has 0 amide bonds. The van der Waals surface area contributed by atoms with Crippen LogP contribution in [-0.2, 0) is 10.8 Å². The molecule has 1 aromatic carbocycles. The van der Waals surface area contributed by atoms with E-state index in [1.54, 1.807) is 0 Å². The van der Waals surface area contributed by atoms with Crippen LogP contribution in [0.2, 0.25) is 0 Å². The van der Waals surface area contributed by atoms with Gasteiger partial charge < -0.3 is 10.4 Å². The number of rotatable bonds is 8. The fourth-order valence-electron chi connectivity index (χ4n) is 3.02. The second-order valence-corrected chi connectivity index (χ2v) is 9.11. The lowest BCUT2D eigenvalue weighted by atomic mass is 9.79. The minimum absolute atomic E-state index is 0.0675. The maximum atomic E-state index is 10.7. The van der Waals surface area contributed by atoms with E-state index >= 15 is 0 Å². The first-order valence-corrected chi connectivity index (χ1v) is 9.69. The number of nitrogens with one attached hydrogen (secondary N) is 1. The standard InChI is InChI=1S/C22H39NO/c1-8-9-10-11-12-13-14-23-17-15-18(21(2,3)4)20(24)19(16-17)22(5,6)7/h15-16,23-24H,8-14H2,1-7H3. The van der Waals surface area contributed by atoms with E-state index < -0.39 is 0 Å². The Morgan fingerprint density at radius 1 is 0.792 bits per heavy atom. The van der Waals surface area contributed by atoms with Crippen LogP contribution in [0.3, 0.4) is 0 Å². The van der Waals surface area contributed by atoms with Crippen molar-refractivity contribution in [3.63, 3.8) is 0 Å². The molecule has 138 valence electrons. The van der Waals surface area contributed by atoms with Gasteiger partial charge in [0, 0.05) is 23.4 Å². The molecule has 2 N–H and O–H groups in total. The molecule has 0 heterocycles. The molecule has 0 atom stereocenters. The van der Waals surface area contributed by atoms with Gasteiger partial charge in [-0.2, -0.15) is 0 Å². The number of anilines is 1. The molecule has 0 bridgehead atoms. The van der Waals surface area contributed by atoms with Gasteiger partial charge in [0.05, 0.1) is 0 Å². The average Bonchev–Trinajstić information content (AvgIpc) is 2.45. The van der Waals surface area contributed by atoms with Gasteiger partial charge in [0.1, 0.15) is 5.75 Å². The van der Waals surface area contributed by atoms with Crippen LogP contribution in [0, 0.1) is 0 Å². The number of phenols is 1. The Kier molecular flexibility index (Phi) is 7.63. The second-order valence-electron chi connectivity index (χ2n) is 9.11. The molecule has 0 unspecified atom stereocenters. The van der Waals surface area contributed by atoms with E-state index in [9.17, 15) is 5.11 Å². The molecule has 24 heavy (non-hydrogen) atoms. The minimum atomic E-state index is -0.0675. The summed E-state index contributed by atoms with van der Waals surface area (Å²) >= 11 is 0. The largest absolute Gasteiger partial charge is 0.507 e. The van der Waals surface area contributed by atoms with Crippen LogP contribution in [0.1, 0.15) is 98.1 Å². The van der Waals surface area contributed by atoms with Gasteiger partial charge in [-0.3, -0.25) is 0 Å². The predicted molar refractivity (Wildman–Crippen MR) is 107 cm³/mol. The molecule has 0 radical (unpaired) electrons. The van der Waals surface area contributed by atoms with Crippen LogP contribution in [-0.4, -0.2) is 11.7 Å². The summed E-state index contributed by atoms with van der Waals surface area (Å²) in [6.45, 7) is 16.2. The molecule has 0 aliphatic heterocycles. The van der Waals surface area contributed by atoms with Crippen molar-refractivity contribution in [3.8, 4) is 5.75 Å². The van der Waals surface area contributed by atoms with Crippen molar-refractivity contribution in [2.45, 2.75) is 97.8 Å². The summed E-state index contributed by atoms with van der Waals surface area (Å²) in [6.07, 6.45) is 7.86. The van der Waals surface area contributed by atoms with Gasteiger partial charge in [0.15, 0.2) is 0 Å². The topological polar surface area (TPSA) is 32.3 Å². The Morgan fingerprint density at radius 2 is 1.25 bits per heavy atom. The molecule has 0 fully saturated rings. The number of hydrogen-bond acceptors (Lipinski definition) is 2. The zero-order chi connectivity index (χ0) is 18.4. The number of unbranched alkanes of at least 4 members (excludes halogenated alkanes) is 5. The monoisotopic (exact) mass is 333 g/mol. The van der Waals surface area contributed by atoms with Crippen molar-refractivity contribution < 1.29 is 5.11 Å². The van der Waals surface area contributed by atoms with E-state index in [1.165, 1.54) is 38.5 Å². The van der Waals surface area contributed by atoms with Gasteiger partial charge in [-0.25, -0.2) is 0 Å². The Balaban J connectivity index is 2.80. The van der Waals surface area contributed by atoms with Crippen LogP contribution in [0.5, 0.6) is 5.75 Å². The van der Waals surface area contributed by atoms with Gasteiger partial charge in [-0.05, 0) is 29.4 Å². The highest BCUT2D eigenvalue weighted by molar-refractivity contribution is 5.59. The van der Waals surface area contributed by atoms with Gasteiger partial charge in [0.2, 0.25) is 0 Å². The van der Waals surface area contributed by atoms with Crippen molar-refractivity contribution in [3.05, 3.63) is 23.3 Å². The van der Waals surface area contributed by atoms with Gasteiger partial charge >= 0.3 is 0 Å². The third kappa shape index (κ3) is 6.37. The van der Waals surface area contributed by atoms with E-state index in [0.29, 0.717) is 5.75 Å². The number of benzene rings is 1. The highest BCUT2D eigenvalue weighted by Crippen LogP contribution is 2.41. The Morgan fingerprint density at radius 3 is 1.71 bits per heavy atom. The van der Waals surface area contributed by atoms with Crippen molar-refractivity contribution in [1.29, 1.82) is 0 Å². The summed E-state index contributed by atoms with van der Waals surface area (Å²) in [6, 6.07) is 4.25. The summed E-state index contributed by atoms with van der Waals surface area (Å²) in [4.78, 5) is 0. The van der Waals surface area contributed by atoms with E-state index in [0.717, 1.165) is 23.4 Å². The molecule has 2 nitrogen and oxygen atoms in total. The molecule has 0 spiro atoms. The summed E-state index contributed by atoms with van der Waals surface area (Å²) in [5.74, 6) is 0.458. The lowest BCUT2D eigenvalue weighted by molar-refractivity contribution is 0.423. The Hall–Kier alpha value is -1.18. The Bertz CT molecular complexity index is 471. The first kappa shape index (κ1) is 20.9. The first-order valence-electron chi connectivity index (χ1n) is 9.69. The lowest BCUT2D eigenvalue weighted by Crippen LogP contribution is -2.18. The molecule has 0 aliphatic carbocycles. The molecule has 1 aromatic rings. The zero-order valence-electron chi connectivity index (χ0n) is 17.1. The summed E-state index contributed by atoms with van der Waals surface area (Å²) < 4.78 is 0. The maximum absolute atomic E-state index is 10.7. The predicted octanol–water partition coefficient (Wildman–Crippen LogP) is 6.76. The third-order valence-electron chi connectivity index (χ3n) is 4.59.